The Bertz CT molecular complexity index is 1050. The molecule has 2 aromatic heterocycles. The number of carbonyl (C=O) groups is 1. The number of nitrogens with one attached hydrogen (secondary N) is 2. The van der Waals surface area contributed by atoms with Crippen LogP contribution in [-0.2, 0) is 17.6 Å². The Kier molecular flexibility index (Phi) is 6.28. The zero-order valence-electron chi connectivity index (χ0n) is 16.2. The maximum Gasteiger partial charge on any atom is 0.290 e. The highest BCUT2D eigenvalue weighted by atomic mass is 32.1. The van der Waals surface area contributed by atoms with Gasteiger partial charge >= 0.3 is 0 Å². The molecule has 0 saturated heterocycles. The Balaban J connectivity index is 0.000000755. The monoisotopic (exact) mass is 413 g/mol. The number of hydrogen-bond donors (Lipinski definition) is 4. The van der Waals surface area contributed by atoms with Gasteiger partial charge in [-0.05, 0) is 36.8 Å². The van der Waals surface area contributed by atoms with E-state index in [1.54, 1.807) is 30.8 Å². The molecule has 2 heterocycles. The number of fused-ring (bicyclic) bond motifs is 3. The fourth-order valence-electron chi connectivity index (χ4n) is 3.50. The molecule has 9 heteroatoms. The lowest BCUT2D eigenvalue weighted by Gasteiger charge is -2.18. The number of carboxylic acid groups (broad SMARTS) is 1. The number of anilines is 3. The third-order valence-electron chi connectivity index (χ3n) is 4.91. The molecule has 0 saturated carbocycles. The van der Waals surface area contributed by atoms with Crippen molar-refractivity contribution in [2.24, 2.45) is 5.92 Å². The summed E-state index contributed by atoms with van der Waals surface area (Å²) >= 11 is 1.77. The maximum atomic E-state index is 8.36. The molecule has 1 unspecified atom stereocenters. The molecule has 29 heavy (non-hydrogen) atoms. The lowest BCUT2D eigenvalue weighted by atomic mass is 9.89. The first kappa shape index (κ1) is 20.5. The van der Waals surface area contributed by atoms with E-state index in [9.17, 15) is 0 Å². The van der Waals surface area contributed by atoms with Crippen molar-refractivity contribution in [2.45, 2.75) is 26.2 Å². The van der Waals surface area contributed by atoms with Gasteiger partial charge in [0.1, 0.15) is 22.7 Å². The molecule has 0 bridgehead atoms. The van der Waals surface area contributed by atoms with Crippen molar-refractivity contribution in [3.63, 3.8) is 0 Å². The first-order valence-electron chi connectivity index (χ1n) is 9.10. The van der Waals surface area contributed by atoms with Crippen LogP contribution in [0.5, 0.6) is 5.75 Å². The molecule has 0 amide bonds. The summed E-state index contributed by atoms with van der Waals surface area (Å²) in [6, 6.07) is 3.54. The van der Waals surface area contributed by atoms with Crippen molar-refractivity contribution in [3.8, 4) is 5.75 Å². The van der Waals surface area contributed by atoms with Gasteiger partial charge in [-0.3, -0.25) is 4.79 Å². The van der Waals surface area contributed by atoms with Crippen LogP contribution in [0.3, 0.4) is 0 Å². The molecule has 1 atom stereocenters. The Hall–Kier alpha value is -3.20. The van der Waals surface area contributed by atoms with Gasteiger partial charge < -0.3 is 26.3 Å². The van der Waals surface area contributed by atoms with Gasteiger partial charge in [-0.15, -0.1) is 11.3 Å². The van der Waals surface area contributed by atoms with Crippen LogP contribution in [0, 0.1) is 11.3 Å². The molecule has 3 aromatic rings. The predicted molar refractivity (Wildman–Crippen MR) is 116 cm³/mol. The number of thiophene rings is 1. The first-order chi connectivity index (χ1) is 14.0. The molecule has 0 aliphatic heterocycles. The Morgan fingerprint density at radius 3 is 2.86 bits per heavy atom. The molecule has 0 spiro atoms. The Morgan fingerprint density at radius 1 is 1.41 bits per heavy atom. The van der Waals surface area contributed by atoms with Crippen molar-refractivity contribution >= 4 is 51.4 Å². The van der Waals surface area contributed by atoms with E-state index >= 15 is 0 Å². The molecule has 8 nitrogen and oxygen atoms in total. The predicted octanol–water partition coefficient (Wildman–Crippen LogP) is 3.85. The zero-order chi connectivity index (χ0) is 21.0. The summed E-state index contributed by atoms with van der Waals surface area (Å²) in [5.41, 5.74) is 9.22. The van der Waals surface area contributed by atoms with Crippen LogP contribution in [0.15, 0.2) is 18.5 Å². The number of ether oxygens (including phenoxy) is 1. The number of rotatable bonds is 4. The van der Waals surface area contributed by atoms with Crippen LogP contribution >= 0.6 is 11.3 Å². The molecule has 0 radical (unpaired) electrons. The highest BCUT2D eigenvalue weighted by Gasteiger charge is 2.23. The van der Waals surface area contributed by atoms with Crippen LogP contribution in [0.25, 0.3) is 10.2 Å². The minimum absolute atomic E-state index is 0.250. The summed E-state index contributed by atoms with van der Waals surface area (Å²) in [6.45, 7) is 2.05. The van der Waals surface area contributed by atoms with Gasteiger partial charge in [0.2, 0.25) is 0 Å². The highest BCUT2D eigenvalue weighted by Crippen LogP contribution is 2.41. The van der Waals surface area contributed by atoms with Gasteiger partial charge in [-0.2, -0.15) is 0 Å². The van der Waals surface area contributed by atoms with Crippen molar-refractivity contribution in [1.29, 1.82) is 5.41 Å². The fraction of sp³-hybridized carbons (Fsp3) is 0.300. The molecule has 1 aromatic carbocycles. The van der Waals surface area contributed by atoms with Crippen molar-refractivity contribution < 1.29 is 14.6 Å². The lowest BCUT2D eigenvalue weighted by Crippen LogP contribution is -2.09. The fourth-order valence-corrected chi connectivity index (χ4v) is 4.85. The molecule has 0 fully saturated rings. The second-order valence-electron chi connectivity index (χ2n) is 6.81. The van der Waals surface area contributed by atoms with Crippen molar-refractivity contribution in [3.05, 3.63) is 34.5 Å². The van der Waals surface area contributed by atoms with E-state index in [1.807, 2.05) is 6.07 Å². The number of aryl methyl sites for hydroxylation is 1. The second-order valence-corrected chi connectivity index (χ2v) is 7.89. The summed E-state index contributed by atoms with van der Waals surface area (Å²) in [7, 11) is 1.60. The van der Waals surface area contributed by atoms with E-state index in [0.29, 0.717) is 22.9 Å². The summed E-state index contributed by atoms with van der Waals surface area (Å²) < 4.78 is 5.46. The molecule has 1 aliphatic rings. The van der Waals surface area contributed by atoms with Crippen LogP contribution in [0.4, 0.5) is 17.2 Å². The third kappa shape index (κ3) is 4.14. The molecule has 4 rings (SSSR count). The van der Waals surface area contributed by atoms with Gasteiger partial charge in [-0.1, -0.05) is 6.92 Å². The Morgan fingerprint density at radius 2 is 2.17 bits per heavy atom. The quantitative estimate of drug-likeness (QED) is 0.290. The molecule has 5 N–H and O–H groups in total. The number of nitrogen functional groups attached to an aromatic ring is 1. The minimum Gasteiger partial charge on any atom is -0.494 e. The van der Waals surface area contributed by atoms with Gasteiger partial charge in [0.15, 0.2) is 0 Å². The zero-order valence-corrected chi connectivity index (χ0v) is 17.0. The van der Waals surface area contributed by atoms with Crippen LogP contribution in [0.2, 0.25) is 0 Å². The van der Waals surface area contributed by atoms with E-state index in [-0.39, 0.29) is 6.47 Å². The number of hydrogen-bond acceptors (Lipinski definition) is 8. The number of aromatic nitrogens is 2. The van der Waals surface area contributed by atoms with Crippen molar-refractivity contribution in [1.82, 2.24) is 9.97 Å². The topological polar surface area (TPSA) is 134 Å². The SMILES string of the molecule is COc1cc(N)c(C=N)cc1Nc1ncnc2sc3c(c12)CCC(C)C3.O=CO. The summed E-state index contributed by atoms with van der Waals surface area (Å²) in [5, 5.41) is 18.9. The molecule has 1 aliphatic carbocycles. The molecular weight excluding hydrogens is 390 g/mol. The van der Waals surface area contributed by atoms with Gasteiger partial charge in [0.05, 0.1) is 18.2 Å². The van der Waals surface area contributed by atoms with Gasteiger partial charge in [0, 0.05) is 28.4 Å². The smallest absolute Gasteiger partial charge is 0.290 e. The third-order valence-corrected chi connectivity index (χ3v) is 6.07. The minimum atomic E-state index is -0.250. The number of benzene rings is 1. The number of nitrogens with zero attached hydrogens (tertiary/aromatic N) is 2. The van der Waals surface area contributed by atoms with Gasteiger partial charge in [0.25, 0.3) is 6.47 Å². The van der Waals surface area contributed by atoms with E-state index in [1.165, 1.54) is 23.1 Å². The largest absolute Gasteiger partial charge is 0.494 e. The number of methoxy groups -OCH3 is 1. The van der Waals surface area contributed by atoms with E-state index in [0.717, 1.165) is 34.6 Å². The summed E-state index contributed by atoms with van der Waals surface area (Å²) in [4.78, 5) is 19.8. The van der Waals surface area contributed by atoms with E-state index < -0.39 is 0 Å². The normalized spacial score (nSPS) is 15.0. The number of nitrogens with two attached hydrogens (primary N) is 1. The van der Waals surface area contributed by atoms with E-state index in [2.05, 4.69) is 22.2 Å². The van der Waals surface area contributed by atoms with Crippen molar-refractivity contribution in [2.75, 3.05) is 18.2 Å². The van der Waals surface area contributed by atoms with Crippen LogP contribution in [0.1, 0.15) is 29.3 Å². The van der Waals surface area contributed by atoms with E-state index in [4.69, 9.17) is 25.8 Å². The maximum absolute atomic E-state index is 8.36. The summed E-state index contributed by atoms with van der Waals surface area (Å²) in [5.74, 6) is 2.12. The average Bonchev–Trinajstić information content (AvgIpc) is 3.07. The first-order valence-corrected chi connectivity index (χ1v) is 9.92. The van der Waals surface area contributed by atoms with Crippen LogP contribution < -0.4 is 15.8 Å². The summed E-state index contributed by atoms with van der Waals surface area (Å²) in [6.07, 6.45) is 6.19. The Labute approximate surface area is 172 Å². The second kappa shape index (κ2) is 8.87. The lowest BCUT2D eigenvalue weighted by molar-refractivity contribution is -0.122. The van der Waals surface area contributed by atoms with Gasteiger partial charge in [-0.25, -0.2) is 9.97 Å². The molecular formula is C20H23N5O3S. The molecule has 152 valence electrons. The van der Waals surface area contributed by atoms with Crippen LogP contribution in [-0.4, -0.2) is 34.9 Å². The average molecular weight is 414 g/mol. The standard InChI is InChI=1S/C19H21N5OS.CH2O2/c1-10-3-4-12-16(5-10)26-19-17(12)18(22-9-23-19)24-14-6-11(8-20)13(21)7-15(14)25-2;2-1-3/h6-10,20H,3-5,21H2,1-2H3,(H,22,23,24);1H,(H,2,3). The highest BCUT2D eigenvalue weighted by molar-refractivity contribution is 7.19.